The molecule has 15 heteroatoms. The first kappa shape index (κ1) is 47.5. The van der Waals surface area contributed by atoms with E-state index in [2.05, 4.69) is 65.0 Å². The van der Waals surface area contributed by atoms with Crippen LogP contribution in [0.2, 0.25) is 18.1 Å². The zero-order valence-electron chi connectivity index (χ0n) is 37.5. The van der Waals surface area contributed by atoms with Crippen LogP contribution in [-0.2, 0) is 25.2 Å². The molecule has 1 atom stereocenters. The van der Waals surface area contributed by atoms with Crippen molar-refractivity contribution in [1.82, 2.24) is 20.5 Å². The van der Waals surface area contributed by atoms with Crippen LogP contribution in [0.15, 0.2) is 108 Å². The van der Waals surface area contributed by atoms with E-state index in [9.17, 15) is 24.3 Å². The Morgan fingerprint density at radius 2 is 1.59 bits per heavy atom. The highest BCUT2D eigenvalue weighted by molar-refractivity contribution is 6.74. The van der Waals surface area contributed by atoms with Gasteiger partial charge in [-0.3, -0.25) is 20.2 Å². The molecule has 0 saturated carbocycles. The number of amides is 3. The summed E-state index contributed by atoms with van der Waals surface area (Å²) in [6.07, 6.45) is 0.623. The van der Waals surface area contributed by atoms with Crippen molar-refractivity contribution in [3.63, 3.8) is 0 Å². The number of nitrogens with one attached hydrogen (secondary N) is 5. The smallest absolute Gasteiger partial charge is 0.411 e. The van der Waals surface area contributed by atoms with Gasteiger partial charge in [0.25, 0.3) is 0 Å². The van der Waals surface area contributed by atoms with Crippen LogP contribution >= 0.6 is 0 Å². The molecule has 5 aromatic rings. The van der Waals surface area contributed by atoms with Gasteiger partial charge in [-0.2, -0.15) is 0 Å². The average molecular weight is 891 g/mol. The van der Waals surface area contributed by atoms with E-state index in [0.717, 1.165) is 40.7 Å². The normalized spacial score (nSPS) is 14.1. The highest BCUT2D eigenvalue weighted by Gasteiger charge is 2.40. The number of likely N-dealkylation sites (tertiary alicyclic amines) is 1. The number of H-pyrrole nitrogens is 1. The lowest BCUT2D eigenvalue weighted by Gasteiger charge is -2.39. The molecule has 64 heavy (non-hydrogen) atoms. The van der Waals surface area contributed by atoms with Crippen LogP contribution in [0.4, 0.5) is 21.0 Å². The number of nitrogens with zero attached hydrogens (tertiary/aromatic N) is 1. The Morgan fingerprint density at radius 1 is 0.875 bits per heavy atom. The maximum atomic E-state index is 12.8. The lowest BCUT2D eigenvalue weighted by molar-refractivity contribution is -0.121. The van der Waals surface area contributed by atoms with Gasteiger partial charge in [0.05, 0.1) is 23.9 Å². The first-order valence-corrected chi connectivity index (χ1v) is 24.9. The molecular formula is C49H62N6O8Si. The number of para-hydroxylation sites is 1. The molecule has 0 radical (unpaired) electrons. The van der Waals surface area contributed by atoms with Gasteiger partial charge in [-0.05, 0) is 84.4 Å². The molecule has 0 aliphatic carbocycles. The van der Waals surface area contributed by atoms with E-state index in [1.807, 2.05) is 84.9 Å². The standard InChI is InChI=1S/C49H62N6O8Si/c1-49(2,3)64(4,5)63-43(39-20-22-42(56)46-40(39)21-23-45(58)54-46)33-50-32-34-16-18-36(19-17-34)52-47(59)61-31-11-27-51-44(57)26-30-55-28-24-37(25-29-55)62-48(60)53-41-15-10-9-14-38(41)35-12-7-6-8-13-35/h6-10,12-23,37,43,50,56H,11,24-33H2,1-5H3,(H,51,57)(H,52,59)(H,53,60)(H,54,58). The Hall–Kier alpha value is -6.00. The van der Waals surface area contributed by atoms with Crippen LogP contribution in [0.5, 0.6) is 5.75 Å². The number of rotatable bonds is 18. The zero-order chi connectivity index (χ0) is 45.7. The molecule has 6 N–H and O–H groups in total. The van der Waals surface area contributed by atoms with E-state index < -0.39 is 20.5 Å². The van der Waals surface area contributed by atoms with Gasteiger partial charge in [0.2, 0.25) is 11.5 Å². The number of anilines is 2. The summed E-state index contributed by atoms with van der Waals surface area (Å²) in [5.41, 5.74) is 5.20. The summed E-state index contributed by atoms with van der Waals surface area (Å²) in [4.78, 5) is 54.8. The summed E-state index contributed by atoms with van der Waals surface area (Å²) < 4.78 is 18.0. The van der Waals surface area contributed by atoms with Crippen molar-refractivity contribution in [2.24, 2.45) is 0 Å². The predicted octanol–water partition coefficient (Wildman–Crippen LogP) is 8.91. The second-order valence-corrected chi connectivity index (χ2v) is 22.4. The van der Waals surface area contributed by atoms with Gasteiger partial charge in [0.15, 0.2) is 8.32 Å². The number of hydrogen-bond donors (Lipinski definition) is 6. The number of pyridine rings is 1. The summed E-state index contributed by atoms with van der Waals surface area (Å²) in [6, 6.07) is 31.6. The highest BCUT2D eigenvalue weighted by atomic mass is 28.4. The van der Waals surface area contributed by atoms with Crippen LogP contribution in [0.1, 0.15) is 63.7 Å². The Bertz CT molecular complexity index is 2400. The topological polar surface area (TPSA) is 183 Å². The third kappa shape index (κ3) is 13.5. The number of carbonyl (C=O) groups is 3. The van der Waals surface area contributed by atoms with Crippen LogP contribution in [0.25, 0.3) is 22.0 Å². The van der Waals surface area contributed by atoms with Crippen molar-refractivity contribution in [2.45, 2.75) is 83.3 Å². The van der Waals surface area contributed by atoms with E-state index in [1.165, 1.54) is 6.07 Å². The van der Waals surface area contributed by atoms with Crippen molar-refractivity contribution in [2.75, 3.05) is 50.0 Å². The van der Waals surface area contributed by atoms with Crippen molar-refractivity contribution in [3.05, 3.63) is 125 Å². The summed E-state index contributed by atoms with van der Waals surface area (Å²) >= 11 is 0. The molecule has 1 fully saturated rings. The van der Waals surface area contributed by atoms with E-state index >= 15 is 0 Å². The molecule has 14 nitrogen and oxygen atoms in total. The second kappa shape index (κ2) is 22.1. The molecule has 1 unspecified atom stereocenters. The number of aromatic hydroxyl groups is 1. The monoisotopic (exact) mass is 890 g/mol. The van der Waals surface area contributed by atoms with Crippen LogP contribution in [0.3, 0.4) is 0 Å². The number of hydrogen-bond acceptors (Lipinski definition) is 10. The van der Waals surface area contributed by atoms with Gasteiger partial charge in [-0.1, -0.05) is 87.5 Å². The third-order valence-corrected chi connectivity index (χ3v) is 16.4. The van der Waals surface area contributed by atoms with E-state index in [0.29, 0.717) is 68.8 Å². The molecule has 6 rings (SSSR count). The molecule has 2 heterocycles. The second-order valence-electron chi connectivity index (χ2n) is 17.7. The van der Waals surface area contributed by atoms with Gasteiger partial charge in [0, 0.05) is 68.4 Å². The fraction of sp³-hybridized carbons (Fsp3) is 0.388. The minimum absolute atomic E-state index is 0.00656. The van der Waals surface area contributed by atoms with Gasteiger partial charge in [-0.15, -0.1) is 0 Å². The van der Waals surface area contributed by atoms with Crippen molar-refractivity contribution >= 4 is 48.7 Å². The number of phenols is 1. The largest absolute Gasteiger partial charge is 0.506 e. The number of carbonyl (C=O) groups excluding carboxylic acids is 3. The Morgan fingerprint density at radius 3 is 2.33 bits per heavy atom. The lowest BCUT2D eigenvalue weighted by atomic mass is 10.0. The molecular weight excluding hydrogens is 829 g/mol. The van der Waals surface area contributed by atoms with Gasteiger partial charge in [0.1, 0.15) is 11.9 Å². The fourth-order valence-corrected chi connectivity index (χ4v) is 8.59. The summed E-state index contributed by atoms with van der Waals surface area (Å²) in [5.74, 6) is -0.0639. The third-order valence-electron chi connectivity index (χ3n) is 11.9. The van der Waals surface area contributed by atoms with Crippen molar-refractivity contribution in [1.29, 1.82) is 0 Å². The van der Waals surface area contributed by atoms with Gasteiger partial charge >= 0.3 is 12.2 Å². The first-order valence-electron chi connectivity index (χ1n) is 22.0. The molecule has 1 saturated heterocycles. The minimum atomic E-state index is -2.22. The highest BCUT2D eigenvalue weighted by Crippen LogP contribution is 2.41. The molecule has 1 aromatic heterocycles. The number of piperidine rings is 1. The van der Waals surface area contributed by atoms with Crippen molar-refractivity contribution in [3.8, 4) is 16.9 Å². The zero-order valence-corrected chi connectivity index (χ0v) is 38.5. The first-order chi connectivity index (χ1) is 30.6. The average Bonchev–Trinajstić information content (AvgIpc) is 3.26. The SMILES string of the molecule is CC(C)(C)[Si](C)(C)OC(CNCc1ccc(NC(=O)OCCCNC(=O)CCN2CCC(OC(=O)Nc3ccccc3-c3ccccc3)CC2)cc1)c1ccc(O)c2[nH]c(=O)ccc12. The molecule has 4 aromatic carbocycles. The number of ether oxygens (including phenoxy) is 2. The fourth-order valence-electron chi connectivity index (χ4n) is 7.31. The molecule has 1 aliphatic heterocycles. The summed E-state index contributed by atoms with van der Waals surface area (Å²) in [7, 11) is -2.22. The Balaban J connectivity index is 0.848. The van der Waals surface area contributed by atoms with Gasteiger partial charge < -0.3 is 39.5 Å². The van der Waals surface area contributed by atoms with E-state index in [1.54, 1.807) is 12.1 Å². The maximum absolute atomic E-state index is 12.8. The quantitative estimate of drug-likeness (QED) is 0.0367. The van der Waals surface area contributed by atoms with Crippen LogP contribution < -0.4 is 26.8 Å². The molecule has 3 amide bonds. The number of aromatic amines is 1. The molecule has 0 bridgehead atoms. The number of benzene rings is 4. The predicted molar refractivity (Wildman–Crippen MR) is 254 cm³/mol. The molecule has 0 spiro atoms. The van der Waals surface area contributed by atoms with Crippen LogP contribution in [0, 0.1) is 0 Å². The number of phenolic OH excluding ortho intramolecular Hbond substituents is 1. The lowest BCUT2D eigenvalue weighted by Crippen LogP contribution is -2.43. The summed E-state index contributed by atoms with van der Waals surface area (Å²) in [5, 5.41) is 23.3. The molecule has 340 valence electrons. The Labute approximate surface area is 376 Å². The number of aromatic nitrogens is 1. The van der Waals surface area contributed by atoms with Crippen molar-refractivity contribution < 1.29 is 33.4 Å². The summed E-state index contributed by atoms with van der Waals surface area (Å²) in [6.45, 7) is 14.6. The van der Waals surface area contributed by atoms with E-state index in [4.69, 9.17) is 13.9 Å². The van der Waals surface area contributed by atoms with Gasteiger partial charge in [-0.25, -0.2) is 9.59 Å². The van der Waals surface area contributed by atoms with Crippen LogP contribution in [-0.4, -0.2) is 86.8 Å². The van der Waals surface area contributed by atoms with E-state index in [-0.39, 0.29) is 41.1 Å². The Kier molecular flexibility index (Phi) is 16.4. The minimum Gasteiger partial charge on any atom is -0.506 e. The maximum Gasteiger partial charge on any atom is 0.411 e. The number of fused-ring (bicyclic) bond motifs is 1. The molecule has 1 aliphatic rings.